The van der Waals surface area contributed by atoms with Crippen molar-refractivity contribution >= 4 is 0 Å². The Balaban J connectivity index is 2.13. The lowest BCUT2D eigenvalue weighted by Gasteiger charge is -2.31. The summed E-state index contributed by atoms with van der Waals surface area (Å²) in [6.45, 7) is 8.40. The van der Waals surface area contributed by atoms with Crippen LogP contribution < -0.4 is 5.73 Å². The molecule has 1 aliphatic rings. The Bertz CT molecular complexity index is 368. The molecule has 1 fully saturated rings. The zero-order valence-corrected chi connectivity index (χ0v) is 11.9. The molecule has 0 aliphatic heterocycles. The number of rotatable bonds is 7. The van der Waals surface area contributed by atoms with Crippen molar-refractivity contribution in [3.05, 3.63) is 23.7 Å². The SMILES string of the molecule is CCc1ccc(C(CN)N(CC(C)C)C2CC2)o1. The Labute approximate surface area is 110 Å². The van der Waals surface area contributed by atoms with Gasteiger partial charge in [-0.2, -0.15) is 0 Å². The van der Waals surface area contributed by atoms with Gasteiger partial charge in [0, 0.05) is 25.6 Å². The Morgan fingerprint density at radius 1 is 1.39 bits per heavy atom. The van der Waals surface area contributed by atoms with E-state index in [4.69, 9.17) is 10.2 Å². The molecule has 3 heteroatoms. The minimum absolute atomic E-state index is 0.250. The third kappa shape index (κ3) is 3.15. The molecule has 102 valence electrons. The van der Waals surface area contributed by atoms with Gasteiger partial charge in [-0.15, -0.1) is 0 Å². The van der Waals surface area contributed by atoms with Gasteiger partial charge in [0.2, 0.25) is 0 Å². The van der Waals surface area contributed by atoms with Crippen molar-refractivity contribution in [1.29, 1.82) is 0 Å². The summed E-state index contributed by atoms with van der Waals surface area (Å²) in [5.74, 6) is 2.77. The Hall–Kier alpha value is -0.800. The molecule has 0 radical (unpaired) electrons. The quantitative estimate of drug-likeness (QED) is 0.809. The van der Waals surface area contributed by atoms with Crippen LogP contribution in [0.5, 0.6) is 0 Å². The van der Waals surface area contributed by atoms with Gasteiger partial charge in [0.15, 0.2) is 0 Å². The fraction of sp³-hybridized carbons (Fsp3) is 0.733. The van der Waals surface area contributed by atoms with E-state index in [-0.39, 0.29) is 6.04 Å². The second kappa shape index (κ2) is 5.89. The first-order valence-electron chi connectivity index (χ1n) is 7.20. The maximum atomic E-state index is 6.00. The van der Waals surface area contributed by atoms with E-state index in [1.54, 1.807) is 0 Å². The van der Waals surface area contributed by atoms with E-state index in [1.165, 1.54) is 12.8 Å². The fourth-order valence-electron chi connectivity index (χ4n) is 2.54. The zero-order valence-electron chi connectivity index (χ0n) is 11.9. The second-order valence-corrected chi connectivity index (χ2v) is 5.73. The first-order valence-corrected chi connectivity index (χ1v) is 7.20. The summed E-state index contributed by atoms with van der Waals surface area (Å²) in [6.07, 6.45) is 3.57. The molecular weight excluding hydrogens is 224 g/mol. The number of hydrogen-bond donors (Lipinski definition) is 1. The summed E-state index contributed by atoms with van der Waals surface area (Å²) < 4.78 is 5.90. The van der Waals surface area contributed by atoms with Gasteiger partial charge in [-0.05, 0) is 30.9 Å². The molecule has 1 aliphatic carbocycles. The summed E-state index contributed by atoms with van der Waals surface area (Å²) in [5.41, 5.74) is 6.00. The Morgan fingerprint density at radius 2 is 2.11 bits per heavy atom. The van der Waals surface area contributed by atoms with Crippen LogP contribution in [-0.4, -0.2) is 24.0 Å². The van der Waals surface area contributed by atoms with Gasteiger partial charge in [-0.25, -0.2) is 0 Å². The van der Waals surface area contributed by atoms with Gasteiger partial charge < -0.3 is 10.2 Å². The fourth-order valence-corrected chi connectivity index (χ4v) is 2.54. The van der Waals surface area contributed by atoms with Gasteiger partial charge in [-0.1, -0.05) is 20.8 Å². The molecule has 1 heterocycles. The molecule has 18 heavy (non-hydrogen) atoms. The van der Waals surface area contributed by atoms with E-state index in [2.05, 4.69) is 37.8 Å². The van der Waals surface area contributed by atoms with Crippen LogP contribution in [0.3, 0.4) is 0 Å². The highest BCUT2D eigenvalue weighted by Gasteiger charge is 2.35. The lowest BCUT2D eigenvalue weighted by molar-refractivity contribution is 0.150. The lowest BCUT2D eigenvalue weighted by atomic mass is 10.1. The van der Waals surface area contributed by atoms with Crippen molar-refractivity contribution in [2.45, 2.75) is 52.1 Å². The summed E-state index contributed by atoms with van der Waals surface area (Å²) in [4.78, 5) is 2.54. The average molecular weight is 250 g/mol. The summed E-state index contributed by atoms with van der Waals surface area (Å²) >= 11 is 0. The number of aryl methyl sites for hydroxylation is 1. The van der Waals surface area contributed by atoms with Crippen molar-refractivity contribution in [2.24, 2.45) is 11.7 Å². The highest BCUT2D eigenvalue weighted by atomic mass is 16.3. The van der Waals surface area contributed by atoms with Gasteiger partial charge in [0.05, 0.1) is 6.04 Å². The molecule has 0 saturated heterocycles. The van der Waals surface area contributed by atoms with E-state index >= 15 is 0 Å². The molecule has 0 bridgehead atoms. The van der Waals surface area contributed by atoms with Gasteiger partial charge in [0.1, 0.15) is 11.5 Å². The topological polar surface area (TPSA) is 42.4 Å². The highest BCUT2D eigenvalue weighted by Crippen LogP contribution is 2.35. The molecule has 0 spiro atoms. The average Bonchev–Trinajstić information content (AvgIpc) is 3.08. The van der Waals surface area contributed by atoms with Crippen LogP contribution in [0.4, 0.5) is 0 Å². The third-order valence-corrected chi connectivity index (χ3v) is 3.57. The summed E-state index contributed by atoms with van der Waals surface area (Å²) in [6, 6.07) is 5.15. The first kappa shape index (κ1) is 13.6. The Morgan fingerprint density at radius 3 is 2.56 bits per heavy atom. The van der Waals surface area contributed by atoms with Crippen LogP contribution >= 0.6 is 0 Å². The second-order valence-electron chi connectivity index (χ2n) is 5.73. The molecule has 2 rings (SSSR count). The molecule has 0 aromatic carbocycles. The molecule has 1 saturated carbocycles. The highest BCUT2D eigenvalue weighted by molar-refractivity contribution is 5.12. The summed E-state index contributed by atoms with van der Waals surface area (Å²) in [5, 5.41) is 0. The molecule has 1 unspecified atom stereocenters. The lowest BCUT2D eigenvalue weighted by Crippen LogP contribution is -2.37. The first-order chi connectivity index (χ1) is 8.65. The van der Waals surface area contributed by atoms with Crippen molar-refractivity contribution < 1.29 is 4.42 Å². The van der Waals surface area contributed by atoms with Gasteiger partial charge in [-0.3, -0.25) is 4.90 Å². The summed E-state index contributed by atoms with van der Waals surface area (Å²) in [7, 11) is 0. The molecule has 1 aromatic rings. The van der Waals surface area contributed by atoms with E-state index < -0.39 is 0 Å². The van der Waals surface area contributed by atoms with Crippen LogP contribution in [0.15, 0.2) is 16.5 Å². The normalized spacial score (nSPS) is 17.7. The van der Waals surface area contributed by atoms with E-state index in [1.807, 2.05) is 0 Å². The van der Waals surface area contributed by atoms with Crippen molar-refractivity contribution in [3.8, 4) is 0 Å². The zero-order chi connectivity index (χ0) is 13.1. The van der Waals surface area contributed by atoms with Crippen LogP contribution in [0.1, 0.15) is 51.2 Å². The van der Waals surface area contributed by atoms with Crippen LogP contribution in [-0.2, 0) is 6.42 Å². The largest absolute Gasteiger partial charge is 0.464 e. The number of furan rings is 1. The minimum Gasteiger partial charge on any atom is -0.464 e. The van der Waals surface area contributed by atoms with E-state index in [9.17, 15) is 0 Å². The predicted molar refractivity (Wildman–Crippen MR) is 74.4 cm³/mol. The van der Waals surface area contributed by atoms with E-state index in [0.29, 0.717) is 12.5 Å². The predicted octanol–water partition coefficient (Wildman–Crippen LogP) is 2.96. The molecular formula is C15H26N2O. The van der Waals surface area contributed by atoms with Crippen molar-refractivity contribution in [1.82, 2.24) is 4.90 Å². The van der Waals surface area contributed by atoms with Crippen molar-refractivity contribution in [3.63, 3.8) is 0 Å². The Kier molecular flexibility index (Phi) is 4.46. The minimum atomic E-state index is 0.250. The van der Waals surface area contributed by atoms with Crippen molar-refractivity contribution in [2.75, 3.05) is 13.1 Å². The smallest absolute Gasteiger partial charge is 0.122 e. The molecule has 1 aromatic heterocycles. The molecule has 1 atom stereocenters. The van der Waals surface area contributed by atoms with Crippen LogP contribution in [0.2, 0.25) is 0 Å². The molecule has 2 N–H and O–H groups in total. The van der Waals surface area contributed by atoms with Crippen LogP contribution in [0, 0.1) is 5.92 Å². The van der Waals surface area contributed by atoms with Gasteiger partial charge >= 0.3 is 0 Å². The number of nitrogens with two attached hydrogens (primary N) is 1. The third-order valence-electron chi connectivity index (χ3n) is 3.57. The molecule has 3 nitrogen and oxygen atoms in total. The van der Waals surface area contributed by atoms with Gasteiger partial charge in [0.25, 0.3) is 0 Å². The molecule has 0 amide bonds. The monoisotopic (exact) mass is 250 g/mol. The number of nitrogens with zero attached hydrogens (tertiary/aromatic N) is 1. The maximum Gasteiger partial charge on any atom is 0.122 e. The maximum absolute atomic E-state index is 6.00. The number of hydrogen-bond acceptors (Lipinski definition) is 3. The van der Waals surface area contributed by atoms with Crippen LogP contribution in [0.25, 0.3) is 0 Å². The van der Waals surface area contributed by atoms with E-state index in [0.717, 1.165) is 30.5 Å². The standard InChI is InChI=1S/C15H26N2O/c1-4-13-7-8-15(18-13)14(9-16)17(10-11(2)3)12-5-6-12/h7-8,11-12,14H,4-6,9-10,16H2,1-3H3.